The molecule has 0 fully saturated rings. The molecule has 0 aliphatic heterocycles. The number of ketones is 1. The number of carbonyl (C=O) groups is 1. The predicted octanol–water partition coefficient (Wildman–Crippen LogP) is 3.40. The standard InChI is InChI=1S/C14H9ClF3NO2/c15-10-6-4-9(5-7-10)11(20)8-19-12(14(16,17)18)2-1-3-13(19)21/h1-7H,8H2. The Morgan fingerprint density at radius 1 is 1.10 bits per heavy atom. The normalized spacial score (nSPS) is 11.4. The molecule has 3 nitrogen and oxygen atoms in total. The van der Waals surface area contributed by atoms with Crippen LogP contribution in [0.5, 0.6) is 0 Å². The molecule has 0 aliphatic rings. The number of carbonyl (C=O) groups excluding carboxylic acids is 1. The van der Waals surface area contributed by atoms with Gasteiger partial charge in [0.25, 0.3) is 5.56 Å². The highest BCUT2D eigenvalue weighted by Gasteiger charge is 2.34. The largest absolute Gasteiger partial charge is 0.431 e. The van der Waals surface area contributed by atoms with Crippen LogP contribution in [0.25, 0.3) is 0 Å². The molecule has 2 rings (SSSR count). The van der Waals surface area contributed by atoms with Crippen LogP contribution in [0, 0.1) is 0 Å². The number of Topliss-reactive ketones (excluding diaryl/α,β-unsaturated/α-hetero) is 1. The molecule has 0 atom stereocenters. The third-order valence-corrected chi connectivity index (χ3v) is 3.06. The van der Waals surface area contributed by atoms with Crippen LogP contribution >= 0.6 is 11.6 Å². The van der Waals surface area contributed by atoms with Gasteiger partial charge in [0, 0.05) is 16.7 Å². The summed E-state index contributed by atoms with van der Waals surface area (Å²) in [6, 6.07) is 8.44. The van der Waals surface area contributed by atoms with E-state index in [0.29, 0.717) is 9.59 Å². The summed E-state index contributed by atoms with van der Waals surface area (Å²) >= 11 is 5.67. The average molecular weight is 316 g/mol. The Bertz CT molecular complexity index is 720. The summed E-state index contributed by atoms with van der Waals surface area (Å²) in [4.78, 5) is 23.6. The summed E-state index contributed by atoms with van der Waals surface area (Å²) in [7, 11) is 0. The highest BCUT2D eigenvalue weighted by Crippen LogP contribution is 2.28. The lowest BCUT2D eigenvalue weighted by Gasteiger charge is -2.14. The lowest BCUT2D eigenvalue weighted by molar-refractivity contribution is -0.144. The second kappa shape index (κ2) is 5.73. The van der Waals surface area contributed by atoms with Crippen LogP contribution in [0.2, 0.25) is 5.02 Å². The van der Waals surface area contributed by atoms with Gasteiger partial charge in [0.2, 0.25) is 0 Å². The topological polar surface area (TPSA) is 39.1 Å². The minimum Gasteiger partial charge on any atom is -0.297 e. The van der Waals surface area contributed by atoms with E-state index >= 15 is 0 Å². The zero-order valence-corrected chi connectivity index (χ0v) is 11.3. The minimum absolute atomic E-state index is 0.184. The summed E-state index contributed by atoms with van der Waals surface area (Å²) in [5, 5.41) is 0.402. The van der Waals surface area contributed by atoms with Crippen LogP contribution in [-0.4, -0.2) is 10.4 Å². The molecule has 7 heteroatoms. The Hall–Kier alpha value is -2.08. The number of aromatic nitrogens is 1. The SMILES string of the molecule is O=C(Cn1c(C(F)(F)F)cccc1=O)c1ccc(Cl)cc1. The van der Waals surface area contributed by atoms with Crippen molar-refractivity contribution in [2.24, 2.45) is 0 Å². The lowest BCUT2D eigenvalue weighted by atomic mass is 10.1. The smallest absolute Gasteiger partial charge is 0.297 e. The number of benzene rings is 1. The van der Waals surface area contributed by atoms with Crippen LogP contribution in [0.15, 0.2) is 47.3 Å². The van der Waals surface area contributed by atoms with Crippen LogP contribution in [-0.2, 0) is 12.7 Å². The second-order valence-corrected chi connectivity index (χ2v) is 4.70. The van der Waals surface area contributed by atoms with Gasteiger partial charge in [-0.05, 0) is 30.3 Å². The number of nitrogens with zero attached hydrogens (tertiary/aromatic N) is 1. The van der Waals surface area contributed by atoms with Crippen molar-refractivity contribution in [3.8, 4) is 0 Å². The first-order valence-electron chi connectivity index (χ1n) is 5.85. The highest BCUT2D eigenvalue weighted by molar-refractivity contribution is 6.30. The van der Waals surface area contributed by atoms with Gasteiger partial charge in [-0.1, -0.05) is 17.7 Å². The van der Waals surface area contributed by atoms with Crippen LogP contribution < -0.4 is 5.56 Å². The molecule has 0 radical (unpaired) electrons. The van der Waals surface area contributed by atoms with E-state index in [1.807, 2.05) is 0 Å². The van der Waals surface area contributed by atoms with E-state index in [1.54, 1.807) is 0 Å². The van der Waals surface area contributed by atoms with Gasteiger partial charge >= 0.3 is 6.18 Å². The first-order valence-corrected chi connectivity index (χ1v) is 6.22. The molecule has 0 spiro atoms. The monoisotopic (exact) mass is 315 g/mol. The molecule has 0 bridgehead atoms. The van der Waals surface area contributed by atoms with Crippen molar-refractivity contribution < 1.29 is 18.0 Å². The summed E-state index contributed by atoms with van der Waals surface area (Å²) in [6.45, 7) is -0.684. The summed E-state index contributed by atoms with van der Waals surface area (Å²) in [6.07, 6.45) is -4.71. The van der Waals surface area contributed by atoms with Gasteiger partial charge in [-0.25, -0.2) is 0 Å². The molecule has 1 heterocycles. The van der Waals surface area contributed by atoms with Crippen LogP contribution in [0.3, 0.4) is 0 Å². The molecular weight excluding hydrogens is 307 g/mol. The molecule has 0 saturated carbocycles. The van der Waals surface area contributed by atoms with Crippen LogP contribution in [0.1, 0.15) is 16.1 Å². The molecule has 1 aromatic heterocycles. The van der Waals surface area contributed by atoms with Crippen LogP contribution in [0.4, 0.5) is 13.2 Å². The van der Waals surface area contributed by atoms with E-state index < -0.39 is 29.8 Å². The van der Waals surface area contributed by atoms with E-state index in [-0.39, 0.29) is 5.56 Å². The molecule has 0 saturated heterocycles. The average Bonchev–Trinajstić information content (AvgIpc) is 2.40. The fourth-order valence-electron chi connectivity index (χ4n) is 1.80. The Balaban J connectivity index is 2.38. The zero-order valence-electron chi connectivity index (χ0n) is 10.5. The fourth-order valence-corrected chi connectivity index (χ4v) is 1.93. The van der Waals surface area contributed by atoms with Gasteiger partial charge < -0.3 is 0 Å². The fraction of sp³-hybridized carbons (Fsp3) is 0.143. The molecule has 0 unspecified atom stereocenters. The Labute approximate surface area is 122 Å². The van der Waals surface area contributed by atoms with Crippen molar-refractivity contribution in [2.75, 3.05) is 0 Å². The Morgan fingerprint density at radius 3 is 2.29 bits per heavy atom. The number of pyridine rings is 1. The number of hydrogen-bond donors (Lipinski definition) is 0. The molecule has 1 aromatic carbocycles. The van der Waals surface area contributed by atoms with E-state index in [0.717, 1.165) is 18.2 Å². The van der Waals surface area contributed by atoms with Gasteiger partial charge in [-0.15, -0.1) is 0 Å². The van der Waals surface area contributed by atoms with Crippen molar-refractivity contribution in [2.45, 2.75) is 12.7 Å². The van der Waals surface area contributed by atoms with Gasteiger partial charge in [0.05, 0.1) is 6.54 Å². The van der Waals surface area contributed by atoms with E-state index in [2.05, 4.69) is 0 Å². The van der Waals surface area contributed by atoms with Gasteiger partial charge in [0.1, 0.15) is 5.69 Å². The maximum Gasteiger partial charge on any atom is 0.431 e. The number of halogens is 4. The Kier molecular flexibility index (Phi) is 4.18. The Morgan fingerprint density at radius 2 is 1.71 bits per heavy atom. The number of rotatable bonds is 3. The summed E-state index contributed by atoms with van der Waals surface area (Å²) < 4.78 is 39.0. The molecular formula is C14H9ClF3NO2. The second-order valence-electron chi connectivity index (χ2n) is 4.26. The van der Waals surface area contributed by atoms with Crippen molar-refractivity contribution in [1.29, 1.82) is 0 Å². The van der Waals surface area contributed by atoms with E-state index in [9.17, 15) is 22.8 Å². The minimum atomic E-state index is -4.71. The van der Waals surface area contributed by atoms with Gasteiger partial charge in [-0.2, -0.15) is 13.2 Å². The highest BCUT2D eigenvalue weighted by atomic mass is 35.5. The molecule has 0 amide bonds. The third-order valence-electron chi connectivity index (χ3n) is 2.81. The van der Waals surface area contributed by atoms with Gasteiger partial charge in [0.15, 0.2) is 5.78 Å². The zero-order chi connectivity index (χ0) is 15.6. The maximum absolute atomic E-state index is 12.8. The van der Waals surface area contributed by atoms with Gasteiger partial charge in [-0.3, -0.25) is 14.2 Å². The van der Waals surface area contributed by atoms with Crippen molar-refractivity contribution in [3.63, 3.8) is 0 Å². The van der Waals surface area contributed by atoms with E-state index in [1.165, 1.54) is 24.3 Å². The third kappa shape index (κ3) is 3.52. The lowest BCUT2D eigenvalue weighted by Crippen LogP contribution is -2.30. The molecule has 2 aromatic rings. The van der Waals surface area contributed by atoms with Crippen molar-refractivity contribution in [1.82, 2.24) is 4.57 Å². The maximum atomic E-state index is 12.8. The summed E-state index contributed by atoms with van der Waals surface area (Å²) in [5.41, 5.74) is -1.85. The molecule has 21 heavy (non-hydrogen) atoms. The number of hydrogen-bond acceptors (Lipinski definition) is 2. The van der Waals surface area contributed by atoms with Crippen molar-refractivity contribution >= 4 is 17.4 Å². The molecule has 110 valence electrons. The number of alkyl halides is 3. The summed E-state index contributed by atoms with van der Waals surface area (Å²) in [5.74, 6) is -0.606. The molecule has 0 N–H and O–H groups in total. The predicted molar refractivity (Wildman–Crippen MR) is 71.5 cm³/mol. The first-order chi connectivity index (χ1) is 9.79. The molecule has 0 aliphatic carbocycles. The quantitative estimate of drug-likeness (QED) is 0.814. The van der Waals surface area contributed by atoms with E-state index in [4.69, 9.17) is 11.6 Å². The first kappa shape index (κ1) is 15.3. The van der Waals surface area contributed by atoms with Crippen molar-refractivity contribution in [3.05, 3.63) is 69.1 Å².